The van der Waals surface area contributed by atoms with E-state index in [2.05, 4.69) is 5.32 Å². The van der Waals surface area contributed by atoms with E-state index in [-0.39, 0.29) is 29.8 Å². The van der Waals surface area contributed by atoms with Crippen molar-refractivity contribution in [2.24, 2.45) is 0 Å². The molecule has 2 aromatic heterocycles. The summed E-state index contributed by atoms with van der Waals surface area (Å²) in [4.78, 5) is 26.2. The lowest BCUT2D eigenvalue weighted by Gasteiger charge is -2.17. The van der Waals surface area contributed by atoms with Crippen molar-refractivity contribution in [2.75, 3.05) is 0 Å². The SMILES string of the molecule is C[C@@H]1S/C(=C(/C#N)C(=O)NCc2ccco2)N(Cc2ccco2)C1=O. The molecule has 3 heterocycles. The minimum atomic E-state index is -0.548. The van der Waals surface area contributed by atoms with E-state index in [1.165, 1.54) is 29.2 Å². The number of amides is 2. The molecule has 128 valence electrons. The Morgan fingerprint density at radius 3 is 2.60 bits per heavy atom. The van der Waals surface area contributed by atoms with Gasteiger partial charge in [-0.05, 0) is 31.2 Å². The van der Waals surface area contributed by atoms with Crippen LogP contribution in [0, 0.1) is 11.3 Å². The van der Waals surface area contributed by atoms with Gasteiger partial charge in [-0.15, -0.1) is 0 Å². The Kier molecular flexibility index (Phi) is 4.95. The monoisotopic (exact) mass is 357 g/mol. The molecule has 0 spiro atoms. The van der Waals surface area contributed by atoms with Gasteiger partial charge in [0, 0.05) is 0 Å². The van der Waals surface area contributed by atoms with Gasteiger partial charge in [0.25, 0.3) is 5.91 Å². The summed E-state index contributed by atoms with van der Waals surface area (Å²) in [6.45, 7) is 2.08. The van der Waals surface area contributed by atoms with Crippen LogP contribution >= 0.6 is 11.8 Å². The second kappa shape index (κ2) is 7.32. The molecule has 3 rings (SSSR count). The molecule has 1 fully saturated rings. The van der Waals surface area contributed by atoms with Crippen LogP contribution < -0.4 is 5.32 Å². The zero-order chi connectivity index (χ0) is 17.8. The lowest BCUT2D eigenvalue weighted by molar-refractivity contribution is -0.127. The fraction of sp³-hybridized carbons (Fsp3) is 0.235. The number of rotatable bonds is 5. The Hall–Kier alpha value is -2.92. The molecule has 2 aromatic rings. The van der Waals surface area contributed by atoms with Crippen molar-refractivity contribution in [1.82, 2.24) is 10.2 Å². The lowest BCUT2D eigenvalue weighted by atomic mass is 10.2. The largest absolute Gasteiger partial charge is 0.467 e. The number of furan rings is 2. The van der Waals surface area contributed by atoms with Gasteiger partial charge in [-0.2, -0.15) is 5.26 Å². The van der Waals surface area contributed by atoms with Crippen molar-refractivity contribution < 1.29 is 18.4 Å². The van der Waals surface area contributed by atoms with E-state index in [0.29, 0.717) is 16.5 Å². The molecule has 1 aliphatic heterocycles. The second-order valence-corrected chi connectivity index (χ2v) is 6.65. The normalized spacial score (nSPS) is 19.0. The molecule has 8 heteroatoms. The summed E-state index contributed by atoms with van der Waals surface area (Å²) in [5.41, 5.74) is -0.0965. The summed E-state index contributed by atoms with van der Waals surface area (Å²) in [7, 11) is 0. The molecule has 25 heavy (non-hydrogen) atoms. The van der Waals surface area contributed by atoms with Crippen molar-refractivity contribution in [3.05, 3.63) is 58.9 Å². The van der Waals surface area contributed by atoms with E-state index < -0.39 is 5.91 Å². The Morgan fingerprint density at radius 1 is 1.32 bits per heavy atom. The number of thioether (sulfide) groups is 1. The van der Waals surface area contributed by atoms with Crippen LogP contribution in [0.2, 0.25) is 0 Å². The van der Waals surface area contributed by atoms with Crippen molar-refractivity contribution in [2.45, 2.75) is 25.3 Å². The number of carbonyl (C=O) groups is 2. The Bertz CT molecular complexity index is 834. The van der Waals surface area contributed by atoms with Crippen LogP contribution in [0.4, 0.5) is 0 Å². The third-order valence-corrected chi connectivity index (χ3v) is 4.80. The highest BCUT2D eigenvalue weighted by molar-refractivity contribution is 8.04. The molecular formula is C17H15N3O4S. The van der Waals surface area contributed by atoms with Gasteiger partial charge in [0.2, 0.25) is 5.91 Å². The maximum atomic E-state index is 12.4. The number of carbonyl (C=O) groups excluding carboxylic acids is 2. The summed E-state index contributed by atoms with van der Waals surface area (Å²) in [6.07, 6.45) is 3.01. The second-order valence-electron chi connectivity index (χ2n) is 5.32. The quantitative estimate of drug-likeness (QED) is 0.651. The first-order chi connectivity index (χ1) is 12.1. The molecular weight excluding hydrogens is 342 g/mol. The predicted octanol–water partition coefficient (Wildman–Crippen LogP) is 2.39. The summed E-state index contributed by atoms with van der Waals surface area (Å²) in [5, 5.41) is 12.1. The summed E-state index contributed by atoms with van der Waals surface area (Å²) in [5.74, 6) is 0.441. The maximum absolute atomic E-state index is 12.4. The summed E-state index contributed by atoms with van der Waals surface area (Å²) >= 11 is 1.20. The molecule has 0 saturated carbocycles. The zero-order valence-electron chi connectivity index (χ0n) is 13.4. The van der Waals surface area contributed by atoms with Crippen LogP contribution in [0.25, 0.3) is 0 Å². The minimum Gasteiger partial charge on any atom is -0.467 e. The minimum absolute atomic E-state index is 0.0965. The van der Waals surface area contributed by atoms with E-state index in [9.17, 15) is 14.9 Å². The Labute approximate surface area is 148 Å². The van der Waals surface area contributed by atoms with Gasteiger partial charge in [-0.25, -0.2) is 0 Å². The van der Waals surface area contributed by atoms with Gasteiger partial charge in [-0.3, -0.25) is 14.5 Å². The molecule has 0 aromatic carbocycles. The molecule has 0 bridgehead atoms. The van der Waals surface area contributed by atoms with Crippen LogP contribution in [0.5, 0.6) is 0 Å². The lowest BCUT2D eigenvalue weighted by Crippen LogP contribution is -2.30. The highest BCUT2D eigenvalue weighted by Crippen LogP contribution is 2.38. The number of nitrogens with zero attached hydrogens (tertiary/aromatic N) is 2. The topological polar surface area (TPSA) is 99.5 Å². The zero-order valence-corrected chi connectivity index (χ0v) is 14.2. The third kappa shape index (κ3) is 3.61. The molecule has 2 amide bonds. The fourth-order valence-electron chi connectivity index (χ4n) is 2.37. The van der Waals surface area contributed by atoms with Crippen LogP contribution in [-0.4, -0.2) is 22.0 Å². The van der Waals surface area contributed by atoms with Gasteiger partial charge in [0.15, 0.2) is 0 Å². The standard InChI is InChI=1S/C17H15N3O4S/c1-11-16(22)20(10-13-5-3-7-24-13)17(25-11)14(8-18)15(21)19-9-12-4-2-6-23-12/h2-7,11H,9-10H2,1H3,(H,19,21)/b17-14-/t11-/m0/s1. The van der Waals surface area contributed by atoms with E-state index in [0.717, 1.165) is 0 Å². The van der Waals surface area contributed by atoms with Gasteiger partial charge >= 0.3 is 0 Å². The molecule has 0 unspecified atom stereocenters. The summed E-state index contributed by atoms with van der Waals surface area (Å²) in [6, 6.07) is 8.81. The molecule has 0 aliphatic carbocycles. The number of hydrogen-bond acceptors (Lipinski definition) is 6. The van der Waals surface area contributed by atoms with E-state index in [1.807, 2.05) is 6.07 Å². The molecule has 1 atom stereocenters. The molecule has 1 saturated heterocycles. The predicted molar refractivity (Wildman–Crippen MR) is 89.5 cm³/mol. The van der Waals surface area contributed by atoms with Crippen LogP contribution in [0.1, 0.15) is 18.4 Å². The number of hydrogen-bond donors (Lipinski definition) is 1. The first kappa shape index (κ1) is 16.9. The van der Waals surface area contributed by atoms with Crippen molar-refractivity contribution in [1.29, 1.82) is 5.26 Å². The first-order valence-corrected chi connectivity index (χ1v) is 8.43. The molecule has 7 nitrogen and oxygen atoms in total. The number of nitrogens with one attached hydrogen (secondary N) is 1. The average Bonchev–Trinajstić information content (AvgIpc) is 3.34. The van der Waals surface area contributed by atoms with Crippen molar-refractivity contribution >= 4 is 23.6 Å². The van der Waals surface area contributed by atoms with Gasteiger partial charge in [-0.1, -0.05) is 11.8 Å². The van der Waals surface area contributed by atoms with E-state index >= 15 is 0 Å². The van der Waals surface area contributed by atoms with Crippen LogP contribution in [0.3, 0.4) is 0 Å². The van der Waals surface area contributed by atoms with Crippen LogP contribution in [0.15, 0.2) is 56.2 Å². The smallest absolute Gasteiger partial charge is 0.265 e. The third-order valence-electron chi connectivity index (χ3n) is 3.60. The van der Waals surface area contributed by atoms with Gasteiger partial charge in [0.05, 0.1) is 30.9 Å². The summed E-state index contributed by atoms with van der Waals surface area (Å²) < 4.78 is 10.4. The average molecular weight is 357 g/mol. The fourth-order valence-corrected chi connectivity index (χ4v) is 3.47. The van der Waals surface area contributed by atoms with Gasteiger partial charge in [0.1, 0.15) is 28.2 Å². The van der Waals surface area contributed by atoms with Crippen molar-refractivity contribution in [3.8, 4) is 6.07 Å². The molecule has 1 aliphatic rings. The number of nitriles is 1. The highest BCUT2D eigenvalue weighted by atomic mass is 32.2. The first-order valence-electron chi connectivity index (χ1n) is 7.55. The van der Waals surface area contributed by atoms with Gasteiger partial charge < -0.3 is 14.2 Å². The Balaban J connectivity index is 1.83. The van der Waals surface area contributed by atoms with E-state index in [4.69, 9.17) is 8.83 Å². The van der Waals surface area contributed by atoms with Crippen LogP contribution in [-0.2, 0) is 22.7 Å². The highest BCUT2D eigenvalue weighted by Gasteiger charge is 2.37. The van der Waals surface area contributed by atoms with Crippen molar-refractivity contribution in [3.63, 3.8) is 0 Å². The molecule has 0 radical (unpaired) electrons. The maximum Gasteiger partial charge on any atom is 0.265 e. The van der Waals surface area contributed by atoms with E-state index in [1.54, 1.807) is 31.2 Å². The Morgan fingerprint density at radius 2 is 2.00 bits per heavy atom. The molecule has 1 N–H and O–H groups in total.